The van der Waals surface area contributed by atoms with Gasteiger partial charge in [-0.1, -0.05) is 75.4 Å². The van der Waals surface area contributed by atoms with Gasteiger partial charge in [0.2, 0.25) is 0 Å². The van der Waals surface area contributed by atoms with Crippen molar-refractivity contribution in [2.75, 3.05) is 11.6 Å². The topological polar surface area (TPSA) is 284 Å². The molecule has 10 rings (SSSR count). The number of hydrogen-bond donors (Lipinski definition) is 6. The fraction of sp³-hybridized carbons (Fsp3) is 0.0926. The Morgan fingerprint density at radius 3 is 1.37 bits per heavy atom. The van der Waals surface area contributed by atoms with E-state index in [2.05, 4.69) is 46.0 Å². The van der Waals surface area contributed by atoms with Crippen LogP contribution in [0.5, 0.6) is 0 Å². The molecule has 17 nitrogen and oxygen atoms in total. The average molecular weight is 1070 g/mol. The van der Waals surface area contributed by atoms with Crippen molar-refractivity contribution in [1.82, 2.24) is 19.9 Å². The zero-order chi connectivity index (χ0) is 55.6. The van der Waals surface area contributed by atoms with Crippen molar-refractivity contribution in [1.29, 1.82) is 0 Å². The number of ketones is 1. The van der Waals surface area contributed by atoms with E-state index >= 15 is 0 Å². The van der Waals surface area contributed by atoms with E-state index in [1.807, 2.05) is 30.5 Å². The summed E-state index contributed by atoms with van der Waals surface area (Å²) in [6.07, 6.45) is 6.32. The second-order valence-electron chi connectivity index (χ2n) is 16.6. The number of carbonyl (C=O) groups excluding carboxylic acids is 2. The fourth-order valence-electron chi connectivity index (χ4n) is 7.21. The van der Waals surface area contributed by atoms with Gasteiger partial charge in [0.1, 0.15) is 34.2 Å². The molecule has 0 fully saturated rings. The fourth-order valence-corrected chi connectivity index (χ4v) is 8.84. The Morgan fingerprint density at radius 1 is 0.500 bits per heavy atom. The number of benzene rings is 5. The SMILES string of the molecule is CC(C)(C)Sc1cccc2c(C(=O)O)ccnc12.CSc1cccc2c(C(=O)O)ccnc12.O=C(O)c1cc(C(=O)O)c2cccc(F)c2n1.O=C(O)c1ccnc2c(F)cccc12.O=C1Nc2c(F)cccc2C1=O. The van der Waals surface area contributed by atoms with Crippen molar-refractivity contribution in [3.05, 3.63) is 185 Å². The van der Waals surface area contributed by atoms with E-state index in [1.54, 1.807) is 41.9 Å². The van der Waals surface area contributed by atoms with E-state index in [0.717, 1.165) is 33.0 Å². The van der Waals surface area contributed by atoms with Crippen LogP contribution in [0.25, 0.3) is 43.6 Å². The molecule has 6 N–H and O–H groups in total. The summed E-state index contributed by atoms with van der Waals surface area (Å²) in [5, 5.41) is 48.6. The number of thioether (sulfide) groups is 2. The highest BCUT2D eigenvalue weighted by Gasteiger charge is 2.30. The first-order valence-corrected chi connectivity index (χ1v) is 24.0. The molecular weight excluding hydrogens is 1030 g/mol. The summed E-state index contributed by atoms with van der Waals surface area (Å²) in [7, 11) is 0. The lowest BCUT2D eigenvalue weighted by Gasteiger charge is -2.18. The summed E-state index contributed by atoms with van der Waals surface area (Å²) in [6, 6.07) is 28.6. The van der Waals surface area contributed by atoms with Crippen LogP contribution in [0.2, 0.25) is 0 Å². The van der Waals surface area contributed by atoms with Crippen LogP contribution >= 0.6 is 23.5 Å². The van der Waals surface area contributed by atoms with E-state index in [-0.39, 0.29) is 43.5 Å². The van der Waals surface area contributed by atoms with Crippen molar-refractivity contribution in [2.24, 2.45) is 0 Å². The number of anilines is 1. The van der Waals surface area contributed by atoms with Gasteiger partial charge in [0, 0.05) is 54.7 Å². The third kappa shape index (κ3) is 13.1. The maximum Gasteiger partial charge on any atom is 0.354 e. The number of hydrogen-bond acceptors (Lipinski definition) is 13. The van der Waals surface area contributed by atoms with Crippen LogP contribution in [0.1, 0.15) is 83.0 Å². The molecule has 76 heavy (non-hydrogen) atoms. The number of rotatable bonds is 7. The number of pyridine rings is 4. The normalized spacial score (nSPS) is 11.4. The number of carboxylic acid groups (broad SMARTS) is 5. The van der Waals surface area contributed by atoms with Gasteiger partial charge in [0.05, 0.1) is 44.5 Å². The average Bonchev–Trinajstić information content (AvgIpc) is 3.68. The first-order chi connectivity index (χ1) is 36.0. The van der Waals surface area contributed by atoms with Crippen LogP contribution in [-0.2, 0) is 4.79 Å². The molecule has 4 aromatic heterocycles. The molecule has 5 heterocycles. The van der Waals surface area contributed by atoms with Gasteiger partial charge in [0.25, 0.3) is 11.7 Å². The number of halogens is 3. The van der Waals surface area contributed by atoms with Crippen molar-refractivity contribution >= 4 is 114 Å². The molecule has 1 aliphatic rings. The summed E-state index contributed by atoms with van der Waals surface area (Å²) >= 11 is 3.26. The van der Waals surface area contributed by atoms with Crippen molar-refractivity contribution < 1.29 is 72.3 Å². The van der Waals surface area contributed by atoms with E-state index < -0.39 is 64.7 Å². The maximum atomic E-state index is 13.4. The van der Waals surface area contributed by atoms with Crippen molar-refractivity contribution in [3.8, 4) is 0 Å². The Morgan fingerprint density at radius 2 is 0.908 bits per heavy atom. The van der Waals surface area contributed by atoms with Crippen molar-refractivity contribution in [3.63, 3.8) is 0 Å². The monoisotopic (exact) mass is 1070 g/mol. The molecule has 0 bridgehead atoms. The number of aromatic nitrogens is 4. The number of carboxylic acids is 5. The van der Waals surface area contributed by atoms with Gasteiger partial charge >= 0.3 is 29.8 Å². The van der Waals surface area contributed by atoms with Gasteiger partial charge in [-0.3, -0.25) is 24.5 Å². The molecule has 0 saturated heterocycles. The zero-order valence-corrected chi connectivity index (χ0v) is 41.7. The lowest BCUT2D eigenvalue weighted by Crippen LogP contribution is -2.12. The van der Waals surface area contributed by atoms with Crippen LogP contribution in [0.4, 0.5) is 18.9 Å². The Kier molecular flexibility index (Phi) is 17.8. The van der Waals surface area contributed by atoms with Gasteiger partial charge in [-0.05, 0) is 66.9 Å². The second-order valence-corrected chi connectivity index (χ2v) is 19.3. The molecule has 0 radical (unpaired) electrons. The van der Waals surface area contributed by atoms with E-state index in [4.69, 9.17) is 20.4 Å². The van der Waals surface area contributed by atoms with Crippen LogP contribution in [0.3, 0.4) is 0 Å². The number of carbonyl (C=O) groups is 7. The van der Waals surface area contributed by atoms with Gasteiger partial charge in [0.15, 0.2) is 0 Å². The Balaban J connectivity index is 0.000000155. The van der Waals surface area contributed by atoms with Crippen LogP contribution in [0, 0.1) is 17.5 Å². The summed E-state index contributed by atoms with van der Waals surface area (Å²) in [5.74, 6) is -8.93. The number of fused-ring (bicyclic) bond motifs is 5. The predicted octanol–water partition coefficient (Wildman–Crippen LogP) is 11.3. The lowest BCUT2D eigenvalue weighted by atomic mass is 10.1. The lowest BCUT2D eigenvalue weighted by molar-refractivity contribution is -0.112. The molecule has 5 aromatic carbocycles. The summed E-state index contributed by atoms with van der Waals surface area (Å²) in [5.41, 5.74) is 1.33. The molecule has 0 unspecified atom stereocenters. The minimum Gasteiger partial charge on any atom is -0.478 e. The molecular formula is C54H40F3N5O12S2. The molecule has 0 spiro atoms. The van der Waals surface area contributed by atoms with Gasteiger partial charge in [-0.15, -0.1) is 23.5 Å². The van der Waals surface area contributed by atoms with Crippen LogP contribution < -0.4 is 5.32 Å². The molecule has 1 aliphatic heterocycles. The van der Waals surface area contributed by atoms with E-state index in [0.29, 0.717) is 27.3 Å². The minimum atomic E-state index is -1.40. The number of nitrogens with zero attached hydrogens (tertiary/aromatic N) is 4. The summed E-state index contributed by atoms with van der Waals surface area (Å²) in [4.78, 5) is 94.3. The van der Waals surface area contributed by atoms with Gasteiger partial charge in [-0.25, -0.2) is 42.1 Å². The highest BCUT2D eigenvalue weighted by Crippen LogP contribution is 2.36. The molecule has 9 aromatic rings. The first-order valence-electron chi connectivity index (χ1n) is 21.9. The largest absolute Gasteiger partial charge is 0.478 e. The van der Waals surface area contributed by atoms with E-state index in [1.165, 1.54) is 79.1 Å². The third-order valence-corrected chi connectivity index (χ3v) is 12.4. The smallest absolute Gasteiger partial charge is 0.354 e. The Bertz CT molecular complexity index is 3800. The second kappa shape index (κ2) is 24.2. The number of amides is 1. The summed E-state index contributed by atoms with van der Waals surface area (Å²) < 4.78 is 39.5. The number of aromatic carboxylic acids is 5. The van der Waals surface area contributed by atoms with Gasteiger partial charge < -0.3 is 30.8 Å². The zero-order valence-electron chi connectivity index (χ0n) is 40.0. The van der Waals surface area contributed by atoms with Crippen LogP contribution in [-0.4, -0.2) is 98.0 Å². The number of nitrogens with one attached hydrogen (secondary N) is 1. The Hall–Kier alpha value is -9.28. The van der Waals surface area contributed by atoms with Crippen LogP contribution in [0.15, 0.2) is 144 Å². The molecule has 1 amide bonds. The molecule has 0 aliphatic carbocycles. The molecule has 0 atom stereocenters. The minimum absolute atomic E-state index is 0.00694. The third-order valence-electron chi connectivity index (χ3n) is 10.5. The maximum absolute atomic E-state index is 13.4. The summed E-state index contributed by atoms with van der Waals surface area (Å²) in [6.45, 7) is 6.37. The molecule has 22 heteroatoms. The number of Topliss-reactive ketones (excluding diaryl/α,β-unsaturated/α-hetero) is 1. The standard InChI is InChI=1S/C14H15NO2S.C11H6FNO4.C11H9NO2S.C10H6FNO2.C8H4FNO2/c1-14(2,3)18-11-6-4-5-9-10(13(16)17)7-8-15-12(9)11;12-7-3-1-2-5-6(10(14)15)4-8(11(16)17)13-9(5)7;1-15-9-4-2-3-7-8(11(13)14)5-6-12-10(7)9;11-8-3-1-2-6-7(10(13)14)4-5-12-9(6)8;9-5-3-1-2-4-6(5)10-8(12)7(4)11/h4-8H,1-3H3,(H,16,17);1-4H,(H,14,15)(H,16,17);2-6H,1H3,(H,13,14);1-5H,(H,13,14);1-3H,(H,10,11,12). The first kappa shape index (κ1) is 56.0. The Labute approximate surface area is 436 Å². The van der Waals surface area contributed by atoms with Crippen molar-refractivity contribution in [2.45, 2.75) is 35.3 Å². The highest BCUT2D eigenvalue weighted by molar-refractivity contribution is 8.00. The molecule has 386 valence electrons. The number of para-hydroxylation sites is 5. The highest BCUT2D eigenvalue weighted by atomic mass is 32.2. The quantitative estimate of drug-likeness (QED) is 0.0639. The van der Waals surface area contributed by atoms with Gasteiger partial charge in [-0.2, -0.15) is 0 Å². The van der Waals surface area contributed by atoms with E-state index in [9.17, 15) is 51.8 Å². The predicted molar refractivity (Wildman–Crippen MR) is 278 cm³/mol. The molecule has 0 saturated carbocycles.